The molecule has 1 aromatic carbocycles. The maximum absolute atomic E-state index is 9.29. The molecule has 3 rings (SSSR count). The number of aryl methyl sites for hydroxylation is 2. The Labute approximate surface area is 127 Å². The molecule has 0 atom stereocenters. The van der Waals surface area contributed by atoms with Crippen LogP contribution >= 0.6 is 11.3 Å². The first kappa shape index (κ1) is 13.5. The lowest BCUT2D eigenvalue weighted by Gasteiger charge is -2.10. The number of anilines is 1. The number of aromatic nitrogens is 2. The van der Waals surface area contributed by atoms with Crippen molar-refractivity contribution in [3.8, 4) is 6.07 Å². The molecule has 5 heteroatoms. The Bertz CT molecular complexity index is 845. The fraction of sp³-hybridized carbons (Fsp3) is 0.188. The number of para-hydroxylation sites is 1. The van der Waals surface area contributed by atoms with E-state index in [1.807, 2.05) is 31.2 Å². The van der Waals surface area contributed by atoms with Gasteiger partial charge >= 0.3 is 0 Å². The van der Waals surface area contributed by atoms with Gasteiger partial charge in [0.05, 0.1) is 34.0 Å². The second-order valence-corrected chi connectivity index (χ2v) is 6.17. The molecule has 2 heterocycles. The number of rotatable bonds is 3. The number of hydrogen-bond donors (Lipinski definition) is 1. The third kappa shape index (κ3) is 2.58. The average Bonchev–Trinajstić information content (AvgIpc) is 2.82. The molecule has 104 valence electrons. The van der Waals surface area contributed by atoms with Crippen molar-refractivity contribution in [1.82, 2.24) is 9.97 Å². The smallest absolute Gasteiger partial charge is 0.103 e. The van der Waals surface area contributed by atoms with Crippen molar-refractivity contribution in [3.05, 3.63) is 51.6 Å². The van der Waals surface area contributed by atoms with Crippen LogP contribution < -0.4 is 5.32 Å². The quantitative estimate of drug-likeness (QED) is 0.798. The number of hydrogen-bond acceptors (Lipinski definition) is 5. The number of thiazole rings is 1. The Morgan fingerprint density at radius 1 is 1.29 bits per heavy atom. The number of pyridine rings is 1. The van der Waals surface area contributed by atoms with E-state index in [-0.39, 0.29) is 0 Å². The fourth-order valence-electron chi connectivity index (χ4n) is 2.32. The lowest BCUT2D eigenvalue weighted by atomic mass is 10.1. The van der Waals surface area contributed by atoms with Crippen LogP contribution in [0.3, 0.4) is 0 Å². The van der Waals surface area contributed by atoms with Crippen molar-refractivity contribution in [2.45, 2.75) is 20.4 Å². The molecule has 0 spiro atoms. The summed E-state index contributed by atoms with van der Waals surface area (Å²) < 4.78 is 0. The minimum Gasteiger partial charge on any atom is -0.378 e. The van der Waals surface area contributed by atoms with E-state index in [9.17, 15) is 5.26 Å². The molecule has 0 aliphatic carbocycles. The summed E-state index contributed by atoms with van der Waals surface area (Å²) in [5, 5.41) is 14.7. The van der Waals surface area contributed by atoms with Crippen molar-refractivity contribution < 1.29 is 0 Å². The van der Waals surface area contributed by atoms with Crippen LogP contribution in [0.25, 0.3) is 10.9 Å². The van der Waals surface area contributed by atoms with Crippen LogP contribution in [0.2, 0.25) is 0 Å². The van der Waals surface area contributed by atoms with Crippen molar-refractivity contribution in [3.63, 3.8) is 0 Å². The highest BCUT2D eigenvalue weighted by atomic mass is 32.1. The summed E-state index contributed by atoms with van der Waals surface area (Å²) in [4.78, 5) is 10.0. The summed E-state index contributed by atoms with van der Waals surface area (Å²) in [6, 6.07) is 10.0. The molecular formula is C16H14N4S. The summed E-state index contributed by atoms with van der Waals surface area (Å²) in [5.41, 5.74) is 3.29. The summed E-state index contributed by atoms with van der Waals surface area (Å²) in [6.45, 7) is 4.68. The lowest BCUT2D eigenvalue weighted by molar-refractivity contribution is 1.04. The van der Waals surface area contributed by atoms with Crippen LogP contribution in [0.4, 0.5) is 5.69 Å². The van der Waals surface area contributed by atoms with E-state index in [2.05, 4.69) is 28.3 Å². The molecule has 4 nitrogen and oxygen atoms in total. The van der Waals surface area contributed by atoms with Gasteiger partial charge in [0.25, 0.3) is 0 Å². The summed E-state index contributed by atoms with van der Waals surface area (Å²) in [6.07, 6.45) is 1.61. The van der Waals surface area contributed by atoms with Gasteiger partial charge in [0.15, 0.2) is 0 Å². The lowest BCUT2D eigenvalue weighted by Crippen LogP contribution is -2.04. The van der Waals surface area contributed by atoms with Gasteiger partial charge in [0.1, 0.15) is 6.07 Å². The summed E-state index contributed by atoms with van der Waals surface area (Å²) in [7, 11) is 0. The van der Waals surface area contributed by atoms with Gasteiger partial charge in [-0.25, -0.2) is 4.98 Å². The number of fused-ring (bicyclic) bond motifs is 1. The predicted octanol–water partition coefficient (Wildman–Crippen LogP) is 3.79. The normalized spacial score (nSPS) is 10.5. The maximum Gasteiger partial charge on any atom is 0.103 e. The minimum absolute atomic E-state index is 0.554. The van der Waals surface area contributed by atoms with E-state index >= 15 is 0 Å². The van der Waals surface area contributed by atoms with E-state index in [0.29, 0.717) is 12.1 Å². The highest BCUT2D eigenvalue weighted by Gasteiger charge is 2.10. The Hall–Kier alpha value is -2.45. The van der Waals surface area contributed by atoms with Gasteiger partial charge in [-0.05, 0) is 19.9 Å². The average molecular weight is 294 g/mol. The largest absolute Gasteiger partial charge is 0.378 e. The SMILES string of the molecule is Cc1nc(CNc2c(C#N)cnc3ccccc23)c(C)s1. The molecule has 0 aliphatic rings. The predicted molar refractivity (Wildman–Crippen MR) is 85.4 cm³/mol. The molecule has 0 amide bonds. The second-order valence-electron chi connectivity index (χ2n) is 4.77. The molecule has 0 saturated heterocycles. The number of nitrogens with zero attached hydrogens (tertiary/aromatic N) is 3. The van der Waals surface area contributed by atoms with Gasteiger partial charge < -0.3 is 5.32 Å². The van der Waals surface area contributed by atoms with Crippen LogP contribution in [0.5, 0.6) is 0 Å². The van der Waals surface area contributed by atoms with Crippen LogP contribution in [-0.4, -0.2) is 9.97 Å². The molecule has 0 radical (unpaired) electrons. The van der Waals surface area contributed by atoms with Gasteiger partial charge in [-0.3, -0.25) is 4.98 Å². The van der Waals surface area contributed by atoms with Gasteiger partial charge in [-0.2, -0.15) is 5.26 Å². The first-order valence-corrected chi connectivity index (χ1v) is 7.45. The Kier molecular flexibility index (Phi) is 3.55. The van der Waals surface area contributed by atoms with Crippen LogP contribution in [0.15, 0.2) is 30.5 Å². The van der Waals surface area contributed by atoms with Crippen molar-refractivity contribution >= 4 is 27.9 Å². The zero-order valence-corrected chi connectivity index (χ0v) is 12.7. The molecule has 2 aromatic heterocycles. The summed E-state index contributed by atoms with van der Waals surface area (Å²) >= 11 is 1.69. The molecule has 0 bridgehead atoms. The van der Waals surface area contributed by atoms with Gasteiger partial charge in [0.2, 0.25) is 0 Å². The second kappa shape index (κ2) is 5.51. The highest BCUT2D eigenvalue weighted by Crippen LogP contribution is 2.26. The Morgan fingerprint density at radius 2 is 2.10 bits per heavy atom. The zero-order chi connectivity index (χ0) is 14.8. The molecule has 0 aliphatic heterocycles. The number of nitrogens with one attached hydrogen (secondary N) is 1. The van der Waals surface area contributed by atoms with Crippen molar-refractivity contribution in [2.75, 3.05) is 5.32 Å². The van der Waals surface area contributed by atoms with Gasteiger partial charge in [-0.15, -0.1) is 11.3 Å². The summed E-state index contributed by atoms with van der Waals surface area (Å²) in [5.74, 6) is 0. The van der Waals surface area contributed by atoms with Crippen LogP contribution in [-0.2, 0) is 6.54 Å². The van der Waals surface area contributed by atoms with Gasteiger partial charge in [-0.1, -0.05) is 18.2 Å². The molecular weight excluding hydrogens is 280 g/mol. The monoisotopic (exact) mass is 294 g/mol. The van der Waals surface area contributed by atoms with Gasteiger partial charge in [0, 0.05) is 16.5 Å². The first-order valence-electron chi connectivity index (χ1n) is 6.63. The molecule has 0 fully saturated rings. The fourth-order valence-corrected chi connectivity index (χ4v) is 3.16. The first-order chi connectivity index (χ1) is 10.2. The highest BCUT2D eigenvalue weighted by molar-refractivity contribution is 7.11. The standard InChI is InChI=1S/C16H14N4S/c1-10-15(20-11(2)21-10)9-19-16-12(7-17)8-18-14-6-4-3-5-13(14)16/h3-6,8H,9H2,1-2H3,(H,18,19). The maximum atomic E-state index is 9.29. The zero-order valence-electron chi connectivity index (χ0n) is 11.8. The van der Waals surface area contributed by atoms with Crippen molar-refractivity contribution in [1.29, 1.82) is 5.26 Å². The van der Waals surface area contributed by atoms with E-state index in [4.69, 9.17) is 0 Å². The molecule has 21 heavy (non-hydrogen) atoms. The molecule has 3 aromatic rings. The van der Waals surface area contributed by atoms with Crippen molar-refractivity contribution in [2.24, 2.45) is 0 Å². The molecule has 0 saturated carbocycles. The van der Waals surface area contributed by atoms with E-state index < -0.39 is 0 Å². The Balaban J connectivity index is 1.99. The van der Waals surface area contributed by atoms with Crippen LogP contribution in [0.1, 0.15) is 21.1 Å². The third-order valence-corrected chi connectivity index (χ3v) is 4.26. The van der Waals surface area contributed by atoms with E-state index in [1.54, 1.807) is 17.5 Å². The van der Waals surface area contributed by atoms with E-state index in [1.165, 1.54) is 4.88 Å². The number of nitriles is 1. The Morgan fingerprint density at radius 3 is 2.81 bits per heavy atom. The number of benzene rings is 1. The van der Waals surface area contributed by atoms with E-state index in [0.717, 1.165) is 27.3 Å². The molecule has 1 N–H and O–H groups in total. The third-order valence-electron chi connectivity index (χ3n) is 3.33. The topological polar surface area (TPSA) is 61.6 Å². The molecule has 0 unspecified atom stereocenters. The van der Waals surface area contributed by atoms with Crippen LogP contribution in [0, 0.1) is 25.2 Å². The minimum atomic E-state index is 0.554.